The Labute approximate surface area is 154 Å². The van der Waals surface area contributed by atoms with Crippen LogP contribution in [0, 0.1) is 5.92 Å². The summed E-state index contributed by atoms with van der Waals surface area (Å²) < 4.78 is 0. The quantitative estimate of drug-likeness (QED) is 0.808. The molecule has 0 radical (unpaired) electrons. The number of amides is 2. The van der Waals surface area contributed by atoms with Gasteiger partial charge in [0.25, 0.3) is 0 Å². The van der Waals surface area contributed by atoms with Gasteiger partial charge >= 0.3 is 5.97 Å². The van der Waals surface area contributed by atoms with Gasteiger partial charge < -0.3 is 14.9 Å². The molecule has 0 aromatic heterocycles. The van der Waals surface area contributed by atoms with Crippen LogP contribution in [0.15, 0.2) is 30.3 Å². The Bertz CT molecular complexity index is 630. The third-order valence-corrected chi connectivity index (χ3v) is 4.79. The van der Waals surface area contributed by atoms with E-state index < -0.39 is 5.97 Å². The number of carbonyl (C=O) groups excluding carboxylic acids is 2. The van der Waals surface area contributed by atoms with Crippen molar-refractivity contribution in [3.63, 3.8) is 0 Å². The van der Waals surface area contributed by atoms with Crippen LogP contribution < -0.4 is 0 Å². The SMILES string of the molecule is CC(C)N(CCC(=O)O)C(=O)C1CCCN(C(=O)Cc2ccccc2)C1. The third-order valence-electron chi connectivity index (χ3n) is 4.79. The van der Waals surface area contributed by atoms with E-state index in [0.717, 1.165) is 18.4 Å². The van der Waals surface area contributed by atoms with Gasteiger partial charge in [-0.05, 0) is 32.3 Å². The van der Waals surface area contributed by atoms with Crippen molar-refractivity contribution < 1.29 is 19.5 Å². The average Bonchev–Trinajstić information content (AvgIpc) is 2.62. The number of carboxylic acid groups (broad SMARTS) is 1. The van der Waals surface area contributed by atoms with Gasteiger partial charge in [-0.1, -0.05) is 30.3 Å². The van der Waals surface area contributed by atoms with Crippen LogP contribution in [0.25, 0.3) is 0 Å². The number of piperidine rings is 1. The molecule has 1 heterocycles. The molecule has 0 spiro atoms. The predicted octanol–water partition coefficient (Wildman–Crippen LogP) is 2.18. The second-order valence-electron chi connectivity index (χ2n) is 7.11. The summed E-state index contributed by atoms with van der Waals surface area (Å²) >= 11 is 0. The molecule has 26 heavy (non-hydrogen) atoms. The van der Waals surface area contributed by atoms with E-state index in [0.29, 0.717) is 19.5 Å². The zero-order valence-electron chi connectivity index (χ0n) is 15.6. The maximum Gasteiger partial charge on any atom is 0.305 e. The summed E-state index contributed by atoms with van der Waals surface area (Å²) in [5, 5.41) is 8.90. The first-order valence-electron chi connectivity index (χ1n) is 9.22. The molecule has 1 N–H and O–H groups in total. The summed E-state index contributed by atoms with van der Waals surface area (Å²) in [4.78, 5) is 39.7. The zero-order chi connectivity index (χ0) is 19.1. The van der Waals surface area contributed by atoms with Crippen LogP contribution in [0.5, 0.6) is 0 Å². The number of hydrogen-bond donors (Lipinski definition) is 1. The smallest absolute Gasteiger partial charge is 0.305 e. The van der Waals surface area contributed by atoms with Crippen molar-refractivity contribution in [2.45, 2.75) is 45.6 Å². The molecule has 0 aliphatic carbocycles. The van der Waals surface area contributed by atoms with Crippen LogP contribution >= 0.6 is 0 Å². The highest BCUT2D eigenvalue weighted by molar-refractivity contribution is 5.83. The largest absolute Gasteiger partial charge is 0.481 e. The maximum atomic E-state index is 12.9. The summed E-state index contributed by atoms with van der Waals surface area (Å²) in [5.74, 6) is -1.17. The molecule has 1 aliphatic rings. The van der Waals surface area contributed by atoms with Gasteiger partial charge in [0.15, 0.2) is 0 Å². The Hall–Kier alpha value is -2.37. The molecular weight excluding hydrogens is 332 g/mol. The first-order chi connectivity index (χ1) is 12.4. The molecule has 0 saturated carbocycles. The predicted molar refractivity (Wildman–Crippen MR) is 98.6 cm³/mol. The normalized spacial score (nSPS) is 17.2. The molecule has 1 aromatic carbocycles. The van der Waals surface area contributed by atoms with E-state index in [9.17, 15) is 14.4 Å². The van der Waals surface area contributed by atoms with Gasteiger partial charge in [0.1, 0.15) is 0 Å². The van der Waals surface area contributed by atoms with E-state index in [4.69, 9.17) is 5.11 Å². The van der Waals surface area contributed by atoms with Crippen molar-refractivity contribution in [3.8, 4) is 0 Å². The minimum absolute atomic E-state index is 0.0373. The third kappa shape index (κ3) is 5.58. The molecule has 1 aliphatic heterocycles. The number of aliphatic carboxylic acids is 1. The van der Waals surface area contributed by atoms with Crippen molar-refractivity contribution in [2.24, 2.45) is 5.92 Å². The van der Waals surface area contributed by atoms with Crippen LogP contribution in [0.2, 0.25) is 0 Å². The van der Waals surface area contributed by atoms with Crippen molar-refractivity contribution in [3.05, 3.63) is 35.9 Å². The fraction of sp³-hybridized carbons (Fsp3) is 0.550. The Morgan fingerprint density at radius 1 is 1.23 bits per heavy atom. The van der Waals surface area contributed by atoms with Gasteiger partial charge in [-0.25, -0.2) is 0 Å². The van der Waals surface area contributed by atoms with E-state index >= 15 is 0 Å². The highest BCUT2D eigenvalue weighted by Gasteiger charge is 2.32. The van der Waals surface area contributed by atoms with E-state index in [1.54, 1.807) is 9.80 Å². The molecule has 6 nitrogen and oxygen atoms in total. The number of nitrogens with zero attached hydrogens (tertiary/aromatic N) is 2. The minimum atomic E-state index is -0.910. The Kier molecular flexibility index (Phi) is 7.18. The fourth-order valence-electron chi connectivity index (χ4n) is 3.36. The standard InChI is InChI=1S/C20H28N2O4/c1-15(2)22(12-10-19(24)25)20(26)17-9-6-11-21(14-17)18(23)13-16-7-4-3-5-8-16/h3-5,7-8,15,17H,6,9-14H2,1-2H3,(H,24,25). The van der Waals surface area contributed by atoms with E-state index in [-0.39, 0.29) is 36.7 Å². The van der Waals surface area contributed by atoms with Gasteiger partial charge in [0.05, 0.1) is 18.8 Å². The lowest BCUT2D eigenvalue weighted by Gasteiger charge is -2.36. The van der Waals surface area contributed by atoms with Gasteiger partial charge in [-0.15, -0.1) is 0 Å². The monoisotopic (exact) mass is 360 g/mol. The van der Waals surface area contributed by atoms with Gasteiger partial charge in [-0.3, -0.25) is 14.4 Å². The Morgan fingerprint density at radius 3 is 2.54 bits per heavy atom. The second kappa shape index (κ2) is 9.36. The van der Waals surface area contributed by atoms with Crippen LogP contribution in [0.1, 0.15) is 38.7 Å². The summed E-state index contributed by atoms with van der Waals surface area (Å²) in [6.07, 6.45) is 1.81. The number of likely N-dealkylation sites (tertiary alicyclic amines) is 1. The molecule has 142 valence electrons. The zero-order valence-corrected chi connectivity index (χ0v) is 15.6. The fourth-order valence-corrected chi connectivity index (χ4v) is 3.36. The average molecular weight is 360 g/mol. The van der Waals surface area contributed by atoms with Gasteiger partial charge in [0.2, 0.25) is 11.8 Å². The summed E-state index contributed by atoms with van der Waals surface area (Å²) in [5.41, 5.74) is 0.969. The lowest BCUT2D eigenvalue weighted by atomic mass is 9.95. The summed E-state index contributed by atoms with van der Waals surface area (Å²) in [7, 11) is 0. The molecule has 1 atom stereocenters. The Balaban J connectivity index is 1.98. The van der Waals surface area contributed by atoms with Crippen LogP contribution in [-0.4, -0.2) is 58.4 Å². The van der Waals surface area contributed by atoms with Gasteiger partial charge in [-0.2, -0.15) is 0 Å². The van der Waals surface area contributed by atoms with Crippen molar-refractivity contribution in [2.75, 3.05) is 19.6 Å². The van der Waals surface area contributed by atoms with E-state index in [2.05, 4.69) is 0 Å². The molecule has 2 amide bonds. The second-order valence-corrected chi connectivity index (χ2v) is 7.11. The summed E-state index contributed by atoms with van der Waals surface area (Å²) in [6.45, 7) is 5.08. The maximum absolute atomic E-state index is 12.9. The Morgan fingerprint density at radius 2 is 1.92 bits per heavy atom. The number of hydrogen-bond acceptors (Lipinski definition) is 3. The molecule has 0 bridgehead atoms. The lowest BCUT2D eigenvalue weighted by molar-refractivity contribution is -0.143. The molecule has 6 heteroatoms. The van der Waals surface area contributed by atoms with Crippen molar-refractivity contribution in [1.82, 2.24) is 9.80 Å². The first kappa shape index (κ1) is 19.9. The molecule has 1 fully saturated rings. The molecule has 1 unspecified atom stereocenters. The highest BCUT2D eigenvalue weighted by atomic mass is 16.4. The van der Waals surface area contributed by atoms with Crippen molar-refractivity contribution >= 4 is 17.8 Å². The van der Waals surface area contributed by atoms with Crippen LogP contribution in [0.3, 0.4) is 0 Å². The van der Waals surface area contributed by atoms with Gasteiger partial charge in [0, 0.05) is 25.7 Å². The number of carboxylic acids is 1. The molecule has 2 rings (SSSR count). The topological polar surface area (TPSA) is 77.9 Å². The van der Waals surface area contributed by atoms with Crippen molar-refractivity contribution in [1.29, 1.82) is 0 Å². The minimum Gasteiger partial charge on any atom is -0.481 e. The lowest BCUT2D eigenvalue weighted by Crippen LogP contribution is -2.49. The number of rotatable bonds is 7. The molecular formula is C20H28N2O4. The highest BCUT2D eigenvalue weighted by Crippen LogP contribution is 2.21. The number of benzene rings is 1. The van der Waals surface area contributed by atoms with E-state index in [1.807, 2.05) is 44.2 Å². The summed E-state index contributed by atoms with van der Waals surface area (Å²) in [6, 6.07) is 9.54. The van der Waals surface area contributed by atoms with Crippen LogP contribution in [0.4, 0.5) is 0 Å². The molecule has 1 aromatic rings. The van der Waals surface area contributed by atoms with E-state index in [1.165, 1.54) is 0 Å². The van der Waals surface area contributed by atoms with Crippen LogP contribution in [-0.2, 0) is 20.8 Å². The molecule has 1 saturated heterocycles. The first-order valence-corrected chi connectivity index (χ1v) is 9.22. The number of carbonyl (C=O) groups is 3.